The molecule has 1 rings (SSSR count). The van der Waals surface area contributed by atoms with E-state index in [0.29, 0.717) is 19.0 Å². The third-order valence-electron chi connectivity index (χ3n) is 3.81. The molecule has 0 bridgehead atoms. The van der Waals surface area contributed by atoms with Gasteiger partial charge in [-0.1, -0.05) is 6.07 Å². The molecule has 0 aromatic heterocycles. The fourth-order valence-electron chi connectivity index (χ4n) is 2.09. The van der Waals surface area contributed by atoms with Crippen molar-refractivity contribution in [3.05, 3.63) is 35.1 Å². The van der Waals surface area contributed by atoms with Gasteiger partial charge in [0.25, 0.3) is 0 Å². The molecule has 5 nitrogen and oxygen atoms in total. The van der Waals surface area contributed by atoms with Gasteiger partial charge < -0.3 is 10.6 Å². The second-order valence-electron chi connectivity index (χ2n) is 6.68. The molecule has 136 valence electrons. The smallest absolute Gasteiger partial charge is 0.191 e. The highest BCUT2D eigenvalue weighted by atomic mass is 32.2. The number of aryl methyl sites for hydroxylation is 1. The first-order valence-electron chi connectivity index (χ1n) is 7.98. The summed E-state index contributed by atoms with van der Waals surface area (Å²) in [5.74, 6) is 0.370. The lowest BCUT2D eigenvalue weighted by Crippen LogP contribution is -2.42. The minimum absolute atomic E-state index is 0.0499. The lowest BCUT2D eigenvalue weighted by atomic mass is 10.1. The molecule has 7 heteroatoms. The molecule has 0 amide bonds. The van der Waals surface area contributed by atoms with Crippen LogP contribution in [0.15, 0.2) is 23.2 Å². The Morgan fingerprint density at radius 2 is 1.83 bits per heavy atom. The molecule has 0 heterocycles. The molecule has 1 aromatic carbocycles. The number of hydrogen-bond acceptors (Lipinski definition) is 3. The largest absolute Gasteiger partial charge is 0.356 e. The van der Waals surface area contributed by atoms with Crippen LogP contribution in [0.25, 0.3) is 0 Å². The first-order valence-corrected chi connectivity index (χ1v) is 9.64. The van der Waals surface area contributed by atoms with Gasteiger partial charge in [0.1, 0.15) is 5.82 Å². The van der Waals surface area contributed by atoms with Crippen LogP contribution in [0.5, 0.6) is 0 Å². The summed E-state index contributed by atoms with van der Waals surface area (Å²) in [7, 11) is -1.52. The molecule has 0 saturated carbocycles. The number of sulfone groups is 1. The van der Waals surface area contributed by atoms with Crippen LogP contribution in [0.3, 0.4) is 0 Å². The van der Waals surface area contributed by atoms with Crippen molar-refractivity contribution in [3.8, 4) is 0 Å². The minimum atomic E-state index is -3.16. The van der Waals surface area contributed by atoms with Gasteiger partial charge in [-0.2, -0.15) is 0 Å². The fourth-order valence-corrected chi connectivity index (χ4v) is 3.07. The maximum Gasteiger partial charge on any atom is 0.191 e. The van der Waals surface area contributed by atoms with Crippen LogP contribution in [-0.4, -0.2) is 45.0 Å². The molecule has 0 aliphatic heterocycles. The maximum absolute atomic E-state index is 13.1. The number of benzene rings is 1. The molecule has 0 saturated heterocycles. The maximum atomic E-state index is 13.1. The SMILES string of the molecule is CN=C(NCCc1ccc(F)cc1C)NCCS(=O)(=O)C(C)(C)C. The quantitative estimate of drug-likeness (QED) is 0.604. The van der Waals surface area contributed by atoms with Crippen LogP contribution in [0.4, 0.5) is 4.39 Å². The zero-order chi connectivity index (χ0) is 18.4. The molecule has 0 fully saturated rings. The molecule has 2 N–H and O–H groups in total. The Morgan fingerprint density at radius 1 is 1.21 bits per heavy atom. The van der Waals surface area contributed by atoms with Crippen molar-refractivity contribution in [2.75, 3.05) is 25.9 Å². The van der Waals surface area contributed by atoms with E-state index in [0.717, 1.165) is 17.5 Å². The van der Waals surface area contributed by atoms with Crippen LogP contribution < -0.4 is 10.6 Å². The summed E-state index contributed by atoms with van der Waals surface area (Å²) in [5, 5.41) is 6.14. The second kappa shape index (κ2) is 8.46. The fraction of sp³-hybridized carbons (Fsp3) is 0.588. The van der Waals surface area contributed by atoms with E-state index in [2.05, 4.69) is 15.6 Å². The first-order chi connectivity index (χ1) is 11.1. The van der Waals surface area contributed by atoms with E-state index in [1.807, 2.05) is 6.92 Å². The average molecular weight is 357 g/mol. The van der Waals surface area contributed by atoms with Gasteiger partial charge in [-0.3, -0.25) is 4.99 Å². The highest BCUT2D eigenvalue weighted by Crippen LogP contribution is 2.15. The van der Waals surface area contributed by atoms with Crippen LogP contribution in [0.1, 0.15) is 31.9 Å². The van der Waals surface area contributed by atoms with Gasteiger partial charge in [0, 0.05) is 20.1 Å². The first kappa shape index (κ1) is 20.4. The van der Waals surface area contributed by atoms with Crippen LogP contribution >= 0.6 is 0 Å². The van der Waals surface area contributed by atoms with Crippen molar-refractivity contribution in [2.45, 2.75) is 38.9 Å². The van der Waals surface area contributed by atoms with Crippen molar-refractivity contribution in [3.63, 3.8) is 0 Å². The van der Waals surface area contributed by atoms with Crippen molar-refractivity contribution < 1.29 is 12.8 Å². The van der Waals surface area contributed by atoms with Crippen molar-refractivity contribution in [2.24, 2.45) is 4.99 Å². The van der Waals surface area contributed by atoms with Gasteiger partial charge in [-0.05, 0) is 57.4 Å². The molecule has 24 heavy (non-hydrogen) atoms. The van der Waals surface area contributed by atoms with Crippen molar-refractivity contribution >= 4 is 15.8 Å². The highest BCUT2D eigenvalue weighted by molar-refractivity contribution is 7.92. The van der Waals surface area contributed by atoms with Crippen LogP contribution in [-0.2, 0) is 16.3 Å². The summed E-state index contributed by atoms with van der Waals surface area (Å²) in [5.41, 5.74) is 1.98. The number of hydrogen-bond donors (Lipinski definition) is 2. The van der Waals surface area contributed by atoms with E-state index in [4.69, 9.17) is 0 Å². The minimum Gasteiger partial charge on any atom is -0.356 e. The van der Waals surface area contributed by atoms with Gasteiger partial charge in [0.05, 0.1) is 10.5 Å². The predicted molar refractivity (Wildman–Crippen MR) is 97.7 cm³/mol. The third kappa shape index (κ3) is 6.11. The summed E-state index contributed by atoms with van der Waals surface area (Å²) in [4.78, 5) is 4.08. The number of halogens is 1. The topological polar surface area (TPSA) is 70.6 Å². The molecule has 0 atom stereocenters. The van der Waals surface area contributed by atoms with Crippen LogP contribution in [0.2, 0.25) is 0 Å². The number of nitrogens with one attached hydrogen (secondary N) is 2. The van der Waals surface area contributed by atoms with Gasteiger partial charge in [-0.15, -0.1) is 0 Å². The number of guanidine groups is 1. The summed E-state index contributed by atoms with van der Waals surface area (Å²) >= 11 is 0. The van der Waals surface area contributed by atoms with E-state index in [-0.39, 0.29) is 11.6 Å². The van der Waals surface area contributed by atoms with Crippen molar-refractivity contribution in [1.29, 1.82) is 0 Å². The lowest BCUT2D eigenvalue weighted by Gasteiger charge is -2.19. The van der Waals surface area contributed by atoms with E-state index < -0.39 is 14.6 Å². The molecular formula is C17H28FN3O2S. The Balaban J connectivity index is 2.44. The zero-order valence-corrected chi connectivity index (χ0v) is 15.9. The second-order valence-corrected chi connectivity index (χ2v) is 9.54. The summed E-state index contributed by atoms with van der Waals surface area (Å²) < 4.78 is 36.4. The Hall–Kier alpha value is -1.63. The highest BCUT2D eigenvalue weighted by Gasteiger charge is 2.28. The van der Waals surface area contributed by atoms with E-state index in [1.165, 1.54) is 12.1 Å². The van der Waals surface area contributed by atoms with Crippen molar-refractivity contribution in [1.82, 2.24) is 10.6 Å². The Morgan fingerprint density at radius 3 is 2.38 bits per heavy atom. The Labute approximate surface area is 144 Å². The number of aliphatic imine (C=N–C) groups is 1. The summed E-state index contributed by atoms with van der Waals surface area (Å²) in [6, 6.07) is 4.74. The third-order valence-corrected chi connectivity index (χ3v) is 6.42. The summed E-state index contributed by atoms with van der Waals surface area (Å²) in [6.45, 7) is 7.89. The van der Waals surface area contributed by atoms with Gasteiger partial charge in [0.2, 0.25) is 0 Å². The lowest BCUT2D eigenvalue weighted by molar-refractivity contribution is 0.559. The Bertz CT molecular complexity index is 680. The molecule has 0 aliphatic rings. The normalized spacial score (nSPS) is 13.0. The molecule has 0 radical (unpaired) electrons. The van der Waals surface area contributed by atoms with Gasteiger partial charge >= 0.3 is 0 Å². The number of nitrogens with zero attached hydrogens (tertiary/aromatic N) is 1. The van der Waals surface area contributed by atoms with E-state index in [9.17, 15) is 12.8 Å². The van der Waals surface area contributed by atoms with Gasteiger partial charge in [-0.25, -0.2) is 12.8 Å². The monoisotopic (exact) mass is 357 g/mol. The Kier molecular flexibility index (Phi) is 7.20. The van der Waals surface area contributed by atoms with Crippen LogP contribution in [0, 0.1) is 12.7 Å². The van der Waals surface area contributed by atoms with Gasteiger partial charge in [0.15, 0.2) is 15.8 Å². The molecule has 0 spiro atoms. The predicted octanol–water partition coefficient (Wildman–Crippen LogP) is 2.05. The zero-order valence-electron chi connectivity index (χ0n) is 15.1. The summed E-state index contributed by atoms with van der Waals surface area (Å²) in [6.07, 6.45) is 0.729. The average Bonchev–Trinajstić information content (AvgIpc) is 2.46. The number of rotatable bonds is 6. The standard InChI is InChI=1S/C17H28FN3O2S/c1-13-12-15(18)7-6-14(13)8-9-20-16(19-5)21-10-11-24(22,23)17(2,3)4/h6-7,12H,8-11H2,1-5H3,(H2,19,20,21). The van der Waals surface area contributed by atoms with E-state index in [1.54, 1.807) is 33.9 Å². The molecule has 0 unspecified atom stereocenters. The molecular weight excluding hydrogens is 329 g/mol. The van der Waals surface area contributed by atoms with E-state index >= 15 is 0 Å². The molecule has 1 aromatic rings. The molecule has 0 aliphatic carbocycles.